The molecular weight excluding hydrogens is 212 g/mol. The fraction of sp³-hybridized carbons (Fsp3) is 0.643. The maximum absolute atomic E-state index is 5.54. The van der Waals surface area contributed by atoms with Crippen LogP contribution in [0.25, 0.3) is 0 Å². The molecule has 0 amide bonds. The Morgan fingerprint density at radius 2 is 2.18 bits per heavy atom. The van der Waals surface area contributed by atoms with Crippen LogP contribution in [0, 0.1) is 0 Å². The Kier molecular flexibility index (Phi) is 8.51. The second-order valence-electron chi connectivity index (χ2n) is 4.21. The Labute approximate surface area is 105 Å². The molecule has 0 saturated carbocycles. The van der Waals surface area contributed by atoms with Gasteiger partial charge in [0.2, 0.25) is 0 Å². The summed E-state index contributed by atoms with van der Waals surface area (Å²) >= 11 is 0. The summed E-state index contributed by atoms with van der Waals surface area (Å²) in [5.74, 6) is 0. The van der Waals surface area contributed by atoms with E-state index in [-0.39, 0.29) is 0 Å². The molecule has 0 unspecified atom stereocenters. The number of hydrogen-bond donors (Lipinski definition) is 1. The molecule has 1 N–H and O–H groups in total. The minimum atomic E-state index is 0.798. The second kappa shape index (κ2) is 10.2. The molecule has 1 rings (SSSR count). The van der Waals surface area contributed by atoms with E-state index in [2.05, 4.69) is 23.3 Å². The van der Waals surface area contributed by atoms with Gasteiger partial charge in [-0.3, -0.25) is 4.98 Å². The van der Waals surface area contributed by atoms with Crippen LogP contribution in [-0.4, -0.2) is 24.7 Å². The van der Waals surface area contributed by atoms with Crippen molar-refractivity contribution in [2.75, 3.05) is 19.8 Å². The third kappa shape index (κ3) is 7.88. The molecule has 3 heteroatoms. The Balaban J connectivity index is 1.85. The molecule has 0 fully saturated rings. The zero-order chi connectivity index (χ0) is 12.2. The van der Waals surface area contributed by atoms with Gasteiger partial charge in [0.1, 0.15) is 0 Å². The molecule has 0 saturated heterocycles. The van der Waals surface area contributed by atoms with Gasteiger partial charge in [-0.1, -0.05) is 32.3 Å². The Bertz CT molecular complexity index is 264. The van der Waals surface area contributed by atoms with Crippen LogP contribution < -0.4 is 5.32 Å². The first-order valence-electron chi connectivity index (χ1n) is 6.61. The van der Waals surface area contributed by atoms with Gasteiger partial charge in [0.05, 0.1) is 6.61 Å². The number of hydrogen-bond acceptors (Lipinski definition) is 3. The molecule has 1 heterocycles. The van der Waals surface area contributed by atoms with E-state index < -0.39 is 0 Å². The lowest BCUT2D eigenvalue weighted by molar-refractivity contribution is 0.131. The van der Waals surface area contributed by atoms with E-state index >= 15 is 0 Å². The molecule has 0 spiro atoms. The number of unbranched alkanes of at least 4 members (excludes halogenated alkanes) is 3. The highest BCUT2D eigenvalue weighted by molar-refractivity contribution is 5.07. The van der Waals surface area contributed by atoms with Crippen molar-refractivity contribution in [3.8, 4) is 0 Å². The molecule has 0 atom stereocenters. The van der Waals surface area contributed by atoms with Crippen molar-refractivity contribution >= 4 is 0 Å². The Hall–Kier alpha value is -0.930. The van der Waals surface area contributed by atoms with Crippen molar-refractivity contribution in [2.24, 2.45) is 0 Å². The van der Waals surface area contributed by atoms with Crippen molar-refractivity contribution in [3.05, 3.63) is 30.1 Å². The van der Waals surface area contributed by atoms with Crippen molar-refractivity contribution in [3.63, 3.8) is 0 Å². The van der Waals surface area contributed by atoms with Crippen molar-refractivity contribution in [1.82, 2.24) is 10.3 Å². The van der Waals surface area contributed by atoms with Gasteiger partial charge in [0.25, 0.3) is 0 Å². The summed E-state index contributed by atoms with van der Waals surface area (Å²) in [5.41, 5.74) is 1.22. The molecule has 96 valence electrons. The number of pyridine rings is 1. The molecule has 0 aromatic carbocycles. The normalized spacial score (nSPS) is 10.6. The highest BCUT2D eigenvalue weighted by Crippen LogP contribution is 1.98. The van der Waals surface area contributed by atoms with Crippen LogP contribution in [0.4, 0.5) is 0 Å². The molecule has 1 aromatic heterocycles. The number of nitrogens with zero attached hydrogens (tertiary/aromatic N) is 1. The molecule has 0 aliphatic carbocycles. The first-order valence-corrected chi connectivity index (χ1v) is 6.61. The molecule has 0 radical (unpaired) electrons. The lowest BCUT2D eigenvalue weighted by atomic mass is 10.2. The number of ether oxygens (including phenoxy) is 1. The van der Waals surface area contributed by atoms with E-state index in [1.165, 1.54) is 31.2 Å². The van der Waals surface area contributed by atoms with Crippen molar-refractivity contribution < 1.29 is 4.74 Å². The average molecular weight is 236 g/mol. The molecule has 1 aromatic rings. The quantitative estimate of drug-likeness (QED) is 0.634. The third-order valence-electron chi connectivity index (χ3n) is 2.62. The molecular formula is C14H24N2O. The zero-order valence-corrected chi connectivity index (χ0v) is 10.8. The van der Waals surface area contributed by atoms with Crippen LogP contribution in [0.3, 0.4) is 0 Å². The van der Waals surface area contributed by atoms with Gasteiger partial charge in [-0.05, 0) is 18.1 Å². The van der Waals surface area contributed by atoms with Gasteiger partial charge < -0.3 is 10.1 Å². The average Bonchev–Trinajstić information content (AvgIpc) is 2.38. The lowest BCUT2D eigenvalue weighted by Gasteiger charge is -2.06. The summed E-state index contributed by atoms with van der Waals surface area (Å²) in [4.78, 5) is 4.07. The molecule has 0 bridgehead atoms. The van der Waals surface area contributed by atoms with Gasteiger partial charge in [0.15, 0.2) is 0 Å². The largest absolute Gasteiger partial charge is 0.380 e. The van der Waals surface area contributed by atoms with Crippen LogP contribution in [-0.2, 0) is 11.3 Å². The summed E-state index contributed by atoms with van der Waals surface area (Å²) in [6.45, 7) is 5.69. The third-order valence-corrected chi connectivity index (χ3v) is 2.62. The Morgan fingerprint density at radius 1 is 1.24 bits per heavy atom. The first kappa shape index (κ1) is 14.1. The Morgan fingerprint density at radius 3 is 2.94 bits per heavy atom. The van der Waals surface area contributed by atoms with Gasteiger partial charge >= 0.3 is 0 Å². The lowest BCUT2D eigenvalue weighted by Crippen LogP contribution is -2.19. The summed E-state index contributed by atoms with van der Waals surface area (Å²) < 4.78 is 5.54. The monoisotopic (exact) mass is 236 g/mol. The fourth-order valence-electron chi connectivity index (χ4n) is 1.61. The smallest absolute Gasteiger partial charge is 0.0591 e. The summed E-state index contributed by atoms with van der Waals surface area (Å²) in [7, 11) is 0. The number of aromatic nitrogens is 1. The van der Waals surface area contributed by atoms with E-state index in [0.717, 1.165) is 26.3 Å². The minimum Gasteiger partial charge on any atom is -0.380 e. The molecule has 0 aliphatic heterocycles. The van der Waals surface area contributed by atoms with Crippen LogP contribution >= 0.6 is 0 Å². The van der Waals surface area contributed by atoms with E-state index in [4.69, 9.17) is 4.74 Å². The van der Waals surface area contributed by atoms with Gasteiger partial charge in [-0.15, -0.1) is 0 Å². The molecule has 3 nitrogen and oxygen atoms in total. The van der Waals surface area contributed by atoms with Gasteiger partial charge in [-0.25, -0.2) is 0 Å². The maximum Gasteiger partial charge on any atom is 0.0591 e. The first-order chi connectivity index (χ1) is 8.43. The van der Waals surface area contributed by atoms with Gasteiger partial charge in [0, 0.05) is 32.1 Å². The van der Waals surface area contributed by atoms with Crippen molar-refractivity contribution in [2.45, 2.75) is 39.2 Å². The fourth-order valence-corrected chi connectivity index (χ4v) is 1.61. The number of nitrogens with one attached hydrogen (secondary N) is 1. The SMILES string of the molecule is CCCCCCOCCNCc1cccnc1. The van der Waals surface area contributed by atoms with Gasteiger partial charge in [-0.2, -0.15) is 0 Å². The maximum atomic E-state index is 5.54. The van der Waals surface area contributed by atoms with Crippen molar-refractivity contribution in [1.29, 1.82) is 0 Å². The summed E-state index contributed by atoms with van der Waals surface area (Å²) in [6.07, 6.45) is 8.77. The second-order valence-corrected chi connectivity index (χ2v) is 4.21. The predicted molar refractivity (Wildman–Crippen MR) is 70.9 cm³/mol. The van der Waals surface area contributed by atoms with E-state index in [1.54, 1.807) is 6.20 Å². The minimum absolute atomic E-state index is 0.798. The standard InChI is InChI=1S/C14H24N2O/c1-2-3-4-5-10-17-11-9-16-13-14-7-6-8-15-12-14/h6-8,12,16H,2-5,9-11,13H2,1H3. The highest BCUT2D eigenvalue weighted by atomic mass is 16.5. The van der Waals surface area contributed by atoms with E-state index in [9.17, 15) is 0 Å². The van der Waals surface area contributed by atoms with Crippen LogP contribution in [0.2, 0.25) is 0 Å². The van der Waals surface area contributed by atoms with E-state index in [0.29, 0.717) is 0 Å². The highest BCUT2D eigenvalue weighted by Gasteiger charge is 1.92. The van der Waals surface area contributed by atoms with Crippen LogP contribution in [0.5, 0.6) is 0 Å². The van der Waals surface area contributed by atoms with E-state index in [1.807, 2.05) is 12.3 Å². The topological polar surface area (TPSA) is 34.1 Å². The summed E-state index contributed by atoms with van der Waals surface area (Å²) in [6, 6.07) is 4.03. The predicted octanol–water partition coefficient (Wildman–Crippen LogP) is 2.77. The van der Waals surface area contributed by atoms with Crippen LogP contribution in [0.15, 0.2) is 24.5 Å². The van der Waals surface area contributed by atoms with Crippen LogP contribution in [0.1, 0.15) is 38.2 Å². The zero-order valence-electron chi connectivity index (χ0n) is 10.8. The molecule has 0 aliphatic rings. The molecule has 17 heavy (non-hydrogen) atoms. The summed E-state index contributed by atoms with van der Waals surface area (Å²) in [5, 5.41) is 3.34. The number of rotatable bonds is 10.